The number of aryl methyl sites for hydroxylation is 2. The maximum Gasteiger partial charge on any atom is 0.208 e. The molecular weight excluding hydrogens is 280 g/mol. The summed E-state index contributed by atoms with van der Waals surface area (Å²) in [7, 11) is 1.68. The summed E-state index contributed by atoms with van der Waals surface area (Å²) in [5, 5.41) is 4.31. The van der Waals surface area contributed by atoms with Gasteiger partial charge in [0.15, 0.2) is 0 Å². The molecule has 0 aliphatic carbocycles. The van der Waals surface area contributed by atoms with Crippen LogP contribution >= 0.6 is 0 Å². The average Bonchev–Trinajstić information content (AvgIpc) is 2.89. The highest BCUT2D eigenvalue weighted by molar-refractivity contribution is 6.15. The molecule has 0 bridgehead atoms. The van der Waals surface area contributed by atoms with E-state index in [1.807, 2.05) is 12.1 Å². The molecule has 1 atom stereocenters. The Morgan fingerprint density at radius 3 is 2.45 bits per heavy atom. The van der Waals surface area contributed by atoms with E-state index in [1.165, 1.54) is 0 Å². The van der Waals surface area contributed by atoms with E-state index in [4.69, 9.17) is 14.3 Å². The van der Waals surface area contributed by atoms with Gasteiger partial charge in [0.2, 0.25) is 6.23 Å². The molecule has 0 N–H and O–H groups in total. The lowest BCUT2D eigenvalue weighted by Gasteiger charge is -2.30. The van der Waals surface area contributed by atoms with Gasteiger partial charge in [-0.15, -0.1) is 0 Å². The predicted octanol–water partition coefficient (Wildman–Crippen LogP) is 2.26. The van der Waals surface area contributed by atoms with Gasteiger partial charge < -0.3 is 14.3 Å². The number of benzene rings is 1. The summed E-state index contributed by atoms with van der Waals surface area (Å²) in [5.74, 6) is 0.855. The minimum absolute atomic E-state index is 0.181. The molecule has 118 valence electrons. The highest BCUT2D eigenvalue weighted by Crippen LogP contribution is 2.30. The van der Waals surface area contributed by atoms with Crippen molar-refractivity contribution in [2.24, 2.45) is 5.16 Å². The van der Waals surface area contributed by atoms with E-state index < -0.39 is 0 Å². The van der Waals surface area contributed by atoms with Gasteiger partial charge in [-0.2, -0.15) is 0 Å². The molecule has 2 aliphatic heterocycles. The van der Waals surface area contributed by atoms with Crippen LogP contribution in [0.1, 0.15) is 16.7 Å². The Balaban J connectivity index is 1.86. The molecule has 1 saturated heterocycles. The summed E-state index contributed by atoms with van der Waals surface area (Å²) < 4.78 is 10.7. The van der Waals surface area contributed by atoms with Crippen LogP contribution in [0.5, 0.6) is 5.75 Å². The Morgan fingerprint density at radius 2 is 1.86 bits per heavy atom. The van der Waals surface area contributed by atoms with Crippen molar-refractivity contribution < 1.29 is 14.3 Å². The van der Waals surface area contributed by atoms with E-state index in [0.29, 0.717) is 0 Å². The van der Waals surface area contributed by atoms with Crippen LogP contribution in [-0.4, -0.2) is 50.3 Å². The lowest BCUT2D eigenvalue weighted by atomic mass is 9.93. The van der Waals surface area contributed by atoms with Crippen LogP contribution in [0, 0.1) is 13.8 Å². The Kier molecular flexibility index (Phi) is 4.18. The van der Waals surface area contributed by atoms with Gasteiger partial charge in [0, 0.05) is 24.2 Å². The van der Waals surface area contributed by atoms with Crippen LogP contribution in [-0.2, 0) is 9.57 Å². The van der Waals surface area contributed by atoms with Crippen molar-refractivity contribution in [3.8, 4) is 5.75 Å². The molecule has 1 fully saturated rings. The van der Waals surface area contributed by atoms with Gasteiger partial charge >= 0.3 is 0 Å². The quantitative estimate of drug-likeness (QED) is 0.859. The number of morpholine rings is 1. The maximum absolute atomic E-state index is 5.67. The van der Waals surface area contributed by atoms with Crippen molar-refractivity contribution >= 4 is 5.71 Å². The fourth-order valence-corrected chi connectivity index (χ4v) is 3.06. The van der Waals surface area contributed by atoms with E-state index in [-0.39, 0.29) is 6.23 Å². The second kappa shape index (κ2) is 6.10. The van der Waals surface area contributed by atoms with E-state index in [0.717, 1.165) is 60.0 Å². The molecule has 3 rings (SSSR count). The summed E-state index contributed by atoms with van der Waals surface area (Å²) >= 11 is 0. The predicted molar refractivity (Wildman–Crippen MR) is 85.4 cm³/mol. The zero-order valence-corrected chi connectivity index (χ0v) is 13.4. The Bertz CT molecular complexity index is 595. The summed E-state index contributed by atoms with van der Waals surface area (Å²) in [6, 6.07) is 4.03. The first-order chi connectivity index (χ1) is 10.6. The molecule has 0 amide bonds. The molecule has 2 aliphatic rings. The fourth-order valence-electron chi connectivity index (χ4n) is 3.06. The van der Waals surface area contributed by atoms with Crippen LogP contribution in [0.2, 0.25) is 0 Å². The van der Waals surface area contributed by atoms with Gasteiger partial charge in [-0.05, 0) is 37.1 Å². The monoisotopic (exact) mass is 302 g/mol. The van der Waals surface area contributed by atoms with E-state index in [2.05, 4.69) is 30.5 Å². The van der Waals surface area contributed by atoms with Gasteiger partial charge in [0.05, 0.1) is 20.3 Å². The summed E-state index contributed by atoms with van der Waals surface area (Å²) in [4.78, 5) is 7.88. The average molecular weight is 302 g/mol. The Hall–Kier alpha value is -1.85. The van der Waals surface area contributed by atoms with Crippen molar-refractivity contribution in [3.63, 3.8) is 0 Å². The molecular formula is C17H22N2O3. The van der Waals surface area contributed by atoms with Gasteiger partial charge in [0.25, 0.3) is 0 Å². The van der Waals surface area contributed by atoms with Crippen LogP contribution < -0.4 is 4.74 Å². The molecule has 22 heavy (non-hydrogen) atoms. The second-order valence-electron chi connectivity index (χ2n) is 5.71. The second-order valence-corrected chi connectivity index (χ2v) is 5.71. The third kappa shape index (κ3) is 2.62. The Labute approximate surface area is 131 Å². The molecule has 0 saturated carbocycles. The minimum Gasteiger partial charge on any atom is -0.497 e. The standard InChI is InChI=1S/C17H22N2O3/c1-11-9-14(20-4)10-12(2)15(11)16-13(3)17(22-18-16)19-5-7-21-8-6-19/h9-10,17H,3,5-8H2,1-2,4H3. The van der Waals surface area contributed by atoms with Crippen molar-refractivity contribution in [1.82, 2.24) is 4.90 Å². The molecule has 0 radical (unpaired) electrons. The normalized spacial score (nSPS) is 22.4. The number of oxime groups is 1. The van der Waals surface area contributed by atoms with Crippen molar-refractivity contribution in [2.75, 3.05) is 33.4 Å². The van der Waals surface area contributed by atoms with Gasteiger partial charge in [-0.1, -0.05) is 11.7 Å². The molecule has 2 heterocycles. The van der Waals surface area contributed by atoms with Gasteiger partial charge in [-0.25, -0.2) is 0 Å². The van der Waals surface area contributed by atoms with E-state index >= 15 is 0 Å². The SMILES string of the molecule is C=C1C(c2c(C)cc(OC)cc2C)=NOC1N1CCOCC1. The summed E-state index contributed by atoms with van der Waals surface area (Å²) in [6.45, 7) is 11.5. The highest BCUT2D eigenvalue weighted by atomic mass is 16.7. The van der Waals surface area contributed by atoms with Crippen molar-refractivity contribution in [2.45, 2.75) is 20.1 Å². The molecule has 0 aromatic heterocycles. The molecule has 5 heteroatoms. The van der Waals surface area contributed by atoms with Crippen molar-refractivity contribution in [3.05, 3.63) is 41.0 Å². The first-order valence-electron chi connectivity index (χ1n) is 7.52. The topological polar surface area (TPSA) is 43.3 Å². The van der Waals surface area contributed by atoms with Gasteiger partial charge in [0.1, 0.15) is 11.5 Å². The first kappa shape index (κ1) is 15.1. The zero-order valence-electron chi connectivity index (χ0n) is 13.4. The summed E-state index contributed by atoms with van der Waals surface area (Å²) in [6.07, 6.45) is -0.181. The maximum atomic E-state index is 5.67. The molecule has 5 nitrogen and oxygen atoms in total. The largest absolute Gasteiger partial charge is 0.497 e. The van der Waals surface area contributed by atoms with E-state index in [1.54, 1.807) is 7.11 Å². The van der Waals surface area contributed by atoms with Crippen LogP contribution in [0.3, 0.4) is 0 Å². The molecule has 0 spiro atoms. The number of nitrogens with zero attached hydrogens (tertiary/aromatic N) is 2. The van der Waals surface area contributed by atoms with Crippen molar-refractivity contribution in [1.29, 1.82) is 0 Å². The fraction of sp³-hybridized carbons (Fsp3) is 0.471. The lowest BCUT2D eigenvalue weighted by molar-refractivity contribution is -0.0660. The van der Waals surface area contributed by atoms with Crippen LogP contribution in [0.15, 0.2) is 29.4 Å². The summed E-state index contributed by atoms with van der Waals surface area (Å²) in [5.41, 5.74) is 5.07. The third-order valence-corrected chi connectivity index (χ3v) is 4.20. The van der Waals surface area contributed by atoms with Crippen LogP contribution in [0.25, 0.3) is 0 Å². The zero-order chi connectivity index (χ0) is 15.7. The molecule has 1 unspecified atom stereocenters. The first-order valence-corrected chi connectivity index (χ1v) is 7.52. The van der Waals surface area contributed by atoms with E-state index in [9.17, 15) is 0 Å². The Morgan fingerprint density at radius 1 is 1.23 bits per heavy atom. The third-order valence-electron chi connectivity index (χ3n) is 4.20. The number of hydrogen-bond acceptors (Lipinski definition) is 5. The smallest absolute Gasteiger partial charge is 0.208 e. The lowest BCUT2D eigenvalue weighted by Crippen LogP contribution is -2.44. The number of rotatable bonds is 3. The number of ether oxygens (including phenoxy) is 2. The molecule has 1 aromatic rings. The minimum atomic E-state index is -0.181. The molecule has 1 aromatic carbocycles. The highest BCUT2D eigenvalue weighted by Gasteiger charge is 2.34. The number of methoxy groups -OCH3 is 1. The van der Waals surface area contributed by atoms with Crippen LogP contribution in [0.4, 0.5) is 0 Å². The van der Waals surface area contributed by atoms with Gasteiger partial charge in [-0.3, -0.25) is 4.90 Å². The number of hydrogen-bond donors (Lipinski definition) is 0.